The minimum atomic E-state index is 0.300. The molecule has 2 N–H and O–H groups in total. The lowest BCUT2D eigenvalue weighted by Crippen LogP contribution is -2.08. The maximum Gasteiger partial charge on any atom is 0.174 e. The van der Waals surface area contributed by atoms with Gasteiger partial charge in [-0.2, -0.15) is 11.3 Å². The van der Waals surface area contributed by atoms with Crippen LogP contribution in [-0.4, -0.2) is 16.7 Å². The van der Waals surface area contributed by atoms with Crippen LogP contribution in [0, 0.1) is 0 Å². The first-order valence-electron chi connectivity index (χ1n) is 4.05. The van der Waals surface area contributed by atoms with E-state index in [-0.39, 0.29) is 0 Å². The Kier molecular flexibility index (Phi) is 3.52. The van der Waals surface area contributed by atoms with Crippen molar-refractivity contribution in [3.8, 4) is 0 Å². The molecule has 1 unspecified atom stereocenters. The van der Waals surface area contributed by atoms with Gasteiger partial charge < -0.3 is 5.73 Å². The fourth-order valence-electron chi connectivity index (χ4n) is 1.05. The summed E-state index contributed by atoms with van der Waals surface area (Å²) in [6.45, 7) is 0.626. The van der Waals surface area contributed by atoms with Gasteiger partial charge in [-0.25, -0.2) is 0 Å². The highest BCUT2D eigenvalue weighted by molar-refractivity contribution is 8.01. The lowest BCUT2D eigenvalue weighted by atomic mass is 10.2. The first-order valence-corrected chi connectivity index (χ1v) is 6.75. The van der Waals surface area contributed by atoms with Crippen LogP contribution in [0.4, 0.5) is 0 Å². The second-order valence-corrected chi connectivity index (χ2v) is 5.67. The fraction of sp³-hybridized carbons (Fsp3) is 0.250. The molecule has 0 radical (unpaired) electrons. The van der Waals surface area contributed by atoms with Crippen molar-refractivity contribution in [3.05, 3.63) is 27.9 Å². The molecule has 1 atom stereocenters. The van der Waals surface area contributed by atoms with E-state index in [4.69, 9.17) is 5.73 Å². The lowest BCUT2D eigenvalue weighted by molar-refractivity contribution is 0.935. The van der Waals surface area contributed by atoms with Gasteiger partial charge in [0.15, 0.2) is 4.34 Å². The molecule has 14 heavy (non-hydrogen) atoms. The highest BCUT2D eigenvalue weighted by Crippen LogP contribution is 2.35. The number of hydrogen-bond donors (Lipinski definition) is 1. The van der Waals surface area contributed by atoms with E-state index in [1.165, 1.54) is 5.56 Å². The Bertz CT molecular complexity index is 357. The molecule has 74 valence electrons. The summed E-state index contributed by atoms with van der Waals surface area (Å²) < 4.78 is 0.978. The third-order valence-electron chi connectivity index (χ3n) is 1.71. The molecule has 0 saturated heterocycles. The summed E-state index contributed by atoms with van der Waals surface area (Å²) in [5.74, 6) is 0. The molecule has 2 rings (SSSR count). The lowest BCUT2D eigenvalue weighted by Gasteiger charge is -2.09. The topological polar surface area (TPSA) is 51.8 Å². The maximum absolute atomic E-state index is 5.72. The summed E-state index contributed by atoms with van der Waals surface area (Å²) >= 11 is 4.93. The maximum atomic E-state index is 5.72. The summed E-state index contributed by atoms with van der Waals surface area (Å²) in [6, 6.07) is 2.11. The van der Waals surface area contributed by atoms with Crippen molar-refractivity contribution in [2.24, 2.45) is 5.73 Å². The summed E-state index contributed by atoms with van der Waals surface area (Å²) in [7, 11) is 0. The van der Waals surface area contributed by atoms with Crippen LogP contribution in [0.5, 0.6) is 0 Å². The Balaban J connectivity index is 2.08. The van der Waals surface area contributed by atoms with E-state index < -0.39 is 0 Å². The van der Waals surface area contributed by atoms with Crippen LogP contribution in [0.1, 0.15) is 10.8 Å². The van der Waals surface area contributed by atoms with E-state index >= 15 is 0 Å². The molecule has 0 amide bonds. The Morgan fingerprint density at radius 1 is 1.57 bits per heavy atom. The Hall–Kier alpha value is -0.430. The van der Waals surface area contributed by atoms with Crippen molar-refractivity contribution in [2.45, 2.75) is 9.59 Å². The zero-order chi connectivity index (χ0) is 9.80. The van der Waals surface area contributed by atoms with E-state index in [1.54, 1.807) is 39.9 Å². The highest BCUT2D eigenvalue weighted by Gasteiger charge is 2.13. The largest absolute Gasteiger partial charge is 0.329 e. The predicted molar refractivity (Wildman–Crippen MR) is 61.9 cm³/mol. The third-order valence-corrected chi connectivity index (χ3v) is 4.51. The average molecular weight is 243 g/mol. The number of nitrogens with two attached hydrogens (primary N) is 1. The average Bonchev–Trinajstić information content (AvgIpc) is 2.86. The van der Waals surface area contributed by atoms with Crippen LogP contribution in [0.15, 0.2) is 26.7 Å². The number of rotatable bonds is 4. The zero-order valence-corrected chi connectivity index (χ0v) is 9.74. The second-order valence-electron chi connectivity index (χ2n) is 2.60. The van der Waals surface area contributed by atoms with Crippen molar-refractivity contribution >= 4 is 34.4 Å². The highest BCUT2D eigenvalue weighted by atomic mass is 32.2. The van der Waals surface area contributed by atoms with Crippen molar-refractivity contribution in [1.29, 1.82) is 0 Å². The number of nitrogens with zero attached hydrogens (tertiary/aromatic N) is 2. The van der Waals surface area contributed by atoms with Crippen LogP contribution >= 0.6 is 34.4 Å². The minimum absolute atomic E-state index is 0.300. The predicted octanol–water partition coefficient (Wildman–Crippen LogP) is 2.39. The first kappa shape index (κ1) is 10.1. The van der Waals surface area contributed by atoms with Gasteiger partial charge in [0.25, 0.3) is 0 Å². The van der Waals surface area contributed by atoms with Gasteiger partial charge in [-0.1, -0.05) is 23.1 Å². The monoisotopic (exact) mass is 243 g/mol. The van der Waals surface area contributed by atoms with Crippen LogP contribution in [0.2, 0.25) is 0 Å². The molecule has 2 aromatic heterocycles. The summed E-state index contributed by atoms with van der Waals surface area (Å²) in [4.78, 5) is 0. The molecule has 2 aromatic rings. The summed E-state index contributed by atoms with van der Waals surface area (Å²) in [5.41, 5.74) is 8.74. The Morgan fingerprint density at radius 2 is 2.50 bits per heavy atom. The van der Waals surface area contributed by atoms with Gasteiger partial charge in [0.05, 0.1) is 0 Å². The normalized spacial score (nSPS) is 12.9. The van der Waals surface area contributed by atoms with E-state index in [0.29, 0.717) is 11.8 Å². The molecule has 0 saturated carbocycles. The quantitative estimate of drug-likeness (QED) is 0.838. The van der Waals surface area contributed by atoms with E-state index in [9.17, 15) is 0 Å². The molecule has 0 bridgehead atoms. The molecular weight excluding hydrogens is 234 g/mol. The summed E-state index contributed by atoms with van der Waals surface area (Å²) in [5, 5.41) is 12.3. The van der Waals surface area contributed by atoms with Gasteiger partial charge in [0, 0.05) is 11.8 Å². The minimum Gasteiger partial charge on any atom is -0.329 e. The van der Waals surface area contributed by atoms with Gasteiger partial charge in [-0.05, 0) is 22.4 Å². The smallest absolute Gasteiger partial charge is 0.174 e. The van der Waals surface area contributed by atoms with Crippen LogP contribution in [-0.2, 0) is 0 Å². The molecule has 0 spiro atoms. The van der Waals surface area contributed by atoms with Crippen molar-refractivity contribution in [2.75, 3.05) is 6.54 Å². The molecule has 3 nitrogen and oxygen atoms in total. The zero-order valence-electron chi connectivity index (χ0n) is 7.29. The van der Waals surface area contributed by atoms with Crippen molar-refractivity contribution in [1.82, 2.24) is 10.2 Å². The molecule has 0 aliphatic carbocycles. The number of hydrogen-bond acceptors (Lipinski definition) is 6. The van der Waals surface area contributed by atoms with E-state index in [1.807, 2.05) is 0 Å². The third kappa shape index (κ3) is 2.33. The van der Waals surface area contributed by atoms with Gasteiger partial charge >= 0.3 is 0 Å². The molecule has 0 fully saturated rings. The molecule has 0 aliphatic heterocycles. The number of thioether (sulfide) groups is 1. The van der Waals surface area contributed by atoms with Gasteiger partial charge in [-0.3, -0.25) is 0 Å². The van der Waals surface area contributed by atoms with Gasteiger partial charge in [0.2, 0.25) is 0 Å². The second kappa shape index (κ2) is 4.88. The fourth-order valence-corrected chi connectivity index (χ4v) is 3.54. The standard InChI is InChI=1S/C8H9N3S3/c9-3-7(6-1-2-12-4-6)14-8-11-10-5-13-8/h1-2,4-5,7H,3,9H2. The van der Waals surface area contributed by atoms with Gasteiger partial charge in [-0.15, -0.1) is 10.2 Å². The Labute approximate surface area is 94.4 Å². The summed E-state index contributed by atoms with van der Waals surface area (Å²) in [6.07, 6.45) is 0. The number of aromatic nitrogens is 2. The molecule has 2 heterocycles. The molecule has 6 heteroatoms. The van der Waals surface area contributed by atoms with Crippen molar-refractivity contribution < 1.29 is 0 Å². The van der Waals surface area contributed by atoms with E-state index in [2.05, 4.69) is 27.0 Å². The number of thiophene rings is 1. The molecule has 0 aromatic carbocycles. The molecule has 0 aliphatic rings. The van der Waals surface area contributed by atoms with Crippen LogP contribution in [0.25, 0.3) is 0 Å². The SMILES string of the molecule is NCC(Sc1nncs1)c1ccsc1. The first-order chi connectivity index (χ1) is 6.90. The van der Waals surface area contributed by atoms with Gasteiger partial charge in [0.1, 0.15) is 5.51 Å². The molecular formula is C8H9N3S3. The van der Waals surface area contributed by atoms with Crippen LogP contribution < -0.4 is 5.73 Å². The van der Waals surface area contributed by atoms with Crippen LogP contribution in [0.3, 0.4) is 0 Å². The Morgan fingerprint density at radius 3 is 3.07 bits per heavy atom. The van der Waals surface area contributed by atoms with Crippen molar-refractivity contribution in [3.63, 3.8) is 0 Å². The van der Waals surface area contributed by atoms with E-state index in [0.717, 1.165) is 4.34 Å².